The van der Waals surface area contributed by atoms with Crippen molar-refractivity contribution in [3.8, 4) is 0 Å². The van der Waals surface area contributed by atoms with Crippen molar-refractivity contribution in [3.05, 3.63) is 40.5 Å². The van der Waals surface area contributed by atoms with Crippen LogP contribution in [0.3, 0.4) is 0 Å². The van der Waals surface area contributed by atoms with Gasteiger partial charge in [-0.2, -0.15) is 0 Å². The third-order valence-corrected chi connectivity index (χ3v) is 6.17. The summed E-state index contributed by atoms with van der Waals surface area (Å²) in [6, 6.07) is 8.23. The molecule has 0 fully saturated rings. The van der Waals surface area contributed by atoms with Crippen LogP contribution in [0.15, 0.2) is 35.7 Å². The molecule has 3 rings (SSSR count). The fourth-order valence-corrected chi connectivity index (χ4v) is 4.78. The first-order valence-corrected chi connectivity index (χ1v) is 9.13. The number of hydrogen-bond acceptors (Lipinski definition) is 5. The molecule has 2 heterocycles. The summed E-state index contributed by atoms with van der Waals surface area (Å²) in [6.07, 6.45) is 2.72. The lowest BCUT2D eigenvalue weighted by Gasteiger charge is -2.05. The second-order valence-electron chi connectivity index (χ2n) is 4.78. The number of benzene rings is 1. The lowest BCUT2D eigenvalue weighted by Crippen LogP contribution is -2.01. The van der Waals surface area contributed by atoms with Crippen molar-refractivity contribution < 1.29 is 4.74 Å². The molecule has 0 aliphatic rings. The zero-order valence-electron chi connectivity index (χ0n) is 12.2. The van der Waals surface area contributed by atoms with Crippen LogP contribution >= 0.6 is 34.7 Å². The number of methoxy groups -OCH3 is 1. The first-order chi connectivity index (χ1) is 10.8. The molecule has 4 nitrogen and oxygen atoms in total. The van der Waals surface area contributed by atoms with Gasteiger partial charge in [0.2, 0.25) is 0 Å². The van der Waals surface area contributed by atoms with Crippen molar-refractivity contribution in [2.24, 2.45) is 0 Å². The van der Waals surface area contributed by atoms with Gasteiger partial charge in [-0.25, -0.2) is 0 Å². The van der Waals surface area contributed by atoms with E-state index in [1.54, 1.807) is 36.5 Å². The monoisotopic (exact) mass is 353 g/mol. The van der Waals surface area contributed by atoms with E-state index in [4.69, 9.17) is 16.3 Å². The van der Waals surface area contributed by atoms with Crippen LogP contribution in [-0.4, -0.2) is 28.5 Å². The maximum absolute atomic E-state index is 6.48. The Balaban J connectivity index is 1.69. The number of thioether (sulfide) groups is 1. The summed E-state index contributed by atoms with van der Waals surface area (Å²) in [7, 11) is 1.71. The van der Waals surface area contributed by atoms with Crippen LogP contribution in [0.2, 0.25) is 5.02 Å². The second kappa shape index (κ2) is 7.46. The fourth-order valence-electron chi connectivity index (χ4n) is 2.18. The summed E-state index contributed by atoms with van der Waals surface area (Å²) in [5.41, 5.74) is 0. The number of aromatic nitrogens is 3. The van der Waals surface area contributed by atoms with Crippen molar-refractivity contribution in [1.82, 2.24) is 14.8 Å². The number of hydrogen-bond donors (Lipinski definition) is 0. The normalized spacial score (nSPS) is 11.4. The van der Waals surface area contributed by atoms with Crippen molar-refractivity contribution in [3.63, 3.8) is 0 Å². The van der Waals surface area contributed by atoms with Crippen molar-refractivity contribution >= 4 is 44.8 Å². The van der Waals surface area contributed by atoms with E-state index in [0.29, 0.717) is 0 Å². The standard InChI is InChI=1S/C15H16ClN3OS2/c1-20-8-4-7-19-10-17-18-15(19)21-9-13-14(16)11-5-2-3-6-12(11)22-13/h2-3,5-6,10H,4,7-9H2,1H3. The summed E-state index contributed by atoms with van der Waals surface area (Å²) in [5, 5.41) is 11.1. The summed E-state index contributed by atoms with van der Waals surface area (Å²) in [4.78, 5) is 1.18. The molecule has 116 valence electrons. The Labute approximate surface area is 142 Å². The molecule has 0 radical (unpaired) electrons. The Hall–Kier alpha value is -1.08. The van der Waals surface area contributed by atoms with Gasteiger partial charge in [0.05, 0.1) is 5.02 Å². The molecule has 0 amide bonds. The van der Waals surface area contributed by atoms with Gasteiger partial charge in [0.15, 0.2) is 5.16 Å². The smallest absolute Gasteiger partial charge is 0.191 e. The number of nitrogens with zero attached hydrogens (tertiary/aromatic N) is 3. The highest BCUT2D eigenvalue weighted by atomic mass is 35.5. The molecule has 0 aliphatic carbocycles. The van der Waals surface area contributed by atoms with E-state index in [1.807, 2.05) is 12.1 Å². The first kappa shape index (κ1) is 15.8. The minimum absolute atomic E-state index is 0.741. The van der Waals surface area contributed by atoms with Crippen LogP contribution in [0, 0.1) is 0 Å². The van der Waals surface area contributed by atoms with E-state index in [9.17, 15) is 0 Å². The van der Waals surface area contributed by atoms with Crippen molar-refractivity contribution in [1.29, 1.82) is 0 Å². The highest BCUT2D eigenvalue weighted by Crippen LogP contribution is 2.38. The summed E-state index contributed by atoms with van der Waals surface area (Å²) in [5.74, 6) is 0.807. The van der Waals surface area contributed by atoms with Crippen LogP contribution in [0.1, 0.15) is 11.3 Å². The van der Waals surface area contributed by atoms with E-state index in [1.165, 1.54) is 9.58 Å². The number of rotatable bonds is 7. The van der Waals surface area contributed by atoms with Gasteiger partial charge in [-0.3, -0.25) is 0 Å². The minimum Gasteiger partial charge on any atom is -0.385 e. The molecule has 0 saturated carbocycles. The van der Waals surface area contributed by atoms with E-state index in [-0.39, 0.29) is 0 Å². The molecular formula is C15H16ClN3OS2. The zero-order chi connectivity index (χ0) is 15.4. The number of halogens is 1. The molecule has 0 spiro atoms. The van der Waals surface area contributed by atoms with E-state index in [2.05, 4.69) is 26.9 Å². The van der Waals surface area contributed by atoms with Crippen LogP contribution in [-0.2, 0) is 17.0 Å². The number of ether oxygens (including phenoxy) is 1. The highest BCUT2D eigenvalue weighted by Gasteiger charge is 2.12. The Morgan fingerprint density at radius 1 is 1.36 bits per heavy atom. The molecule has 2 aromatic heterocycles. The molecule has 0 bridgehead atoms. The average Bonchev–Trinajstić information content (AvgIpc) is 3.11. The third kappa shape index (κ3) is 3.46. The summed E-state index contributed by atoms with van der Waals surface area (Å²) >= 11 is 9.89. The lowest BCUT2D eigenvalue weighted by molar-refractivity contribution is 0.189. The van der Waals surface area contributed by atoms with Crippen LogP contribution in [0.5, 0.6) is 0 Å². The van der Waals surface area contributed by atoms with Gasteiger partial charge in [-0.15, -0.1) is 21.5 Å². The van der Waals surface area contributed by atoms with Crippen molar-refractivity contribution in [2.45, 2.75) is 23.9 Å². The maximum atomic E-state index is 6.48. The quantitative estimate of drug-likeness (QED) is 0.464. The number of fused-ring (bicyclic) bond motifs is 1. The van der Waals surface area contributed by atoms with Gasteiger partial charge in [-0.1, -0.05) is 41.6 Å². The van der Waals surface area contributed by atoms with Gasteiger partial charge in [0.1, 0.15) is 6.33 Å². The molecule has 3 aromatic rings. The van der Waals surface area contributed by atoms with Gasteiger partial charge in [0, 0.05) is 41.0 Å². The molecular weight excluding hydrogens is 338 g/mol. The summed E-state index contributed by atoms with van der Waals surface area (Å²) < 4.78 is 8.37. The van der Waals surface area contributed by atoms with Crippen LogP contribution in [0.4, 0.5) is 0 Å². The predicted molar refractivity (Wildman–Crippen MR) is 92.9 cm³/mol. The van der Waals surface area contributed by atoms with E-state index < -0.39 is 0 Å². The minimum atomic E-state index is 0.741. The van der Waals surface area contributed by atoms with Crippen LogP contribution < -0.4 is 0 Å². The second-order valence-corrected chi connectivity index (χ2v) is 7.23. The van der Waals surface area contributed by atoms with Crippen molar-refractivity contribution in [2.75, 3.05) is 13.7 Å². The summed E-state index contributed by atoms with van der Waals surface area (Å²) in [6.45, 7) is 1.60. The van der Waals surface area contributed by atoms with Gasteiger partial charge < -0.3 is 9.30 Å². The SMILES string of the molecule is COCCCn1cnnc1SCc1sc2ccccc2c1Cl. The van der Waals surface area contributed by atoms with Gasteiger partial charge >= 0.3 is 0 Å². The Morgan fingerprint density at radius 2 is 2.23 bits per heavy atom. The molecule has 22 heavy (non-hydrogen) atoms. The third-order valence-electron chi connectivity index (χ3n) is 3.26. The molecule has 0 N–H and O–H groups in total. The first-order valence-electron chi connectivity index (χ1n) is 6.95. The Morgan fingerprint density at radius 3 is 3.05 bits per heavy atom. The van der Waals surface area contributed by atoms with Gasteiger partial charge in [-0.05, 0) is 12.5 Å². The van der Waals surface area contributed by atoms with E-state index in [0.717, 1.165) is 40.9 Å². The molecule has 0 unspecified atom stereocenters. The van der Waals surface area contributed by atoms with Gasteiger partial charge in [0.25, 0.3) is 0 Å². The largest absolute Gasteiger partial charge is 0.385 e. The molecule has 0 saturated heterocycles. The topological polar surface area (TPSA) is 39.9 Å². The van der Waals surface area contributed by atoms with Crippen LogP contribution in [0.25, 0.3) is 10.1 Å². The fraction of sp³-hybridized carbons (Fsp3) is 0.333. The number of aryl methyl sites for hydroxylation is 1. The highest BCUT2D eigenvalue weighted by molar-refractivity contribution is 7.98. The molecule has 0 atom stereocenters. The number of thiophene rings is 1. The van der Waals surface area contributed by atoms with E-state index >= 15 is 0 Å². The molecule has 1 aromatic carbocycles. The average molecular weight is 354 g/mol. The lowest BCUT2D eigenvalue weighted by atomic mass is 10.2. The maximum Gasteiger partial charge on any atom is 0.191 e. The molecule has 7 heteroatoms. The Kier molecular flexibility index (Phi) is 5.36. The zero-order valence-corrected chi connectivity index (χ0v) is 14.5. The predicted octanol–water partition coefficient (Wildman–Crippen LogP) is 4.48. The molecule has 0 aliphatic heterocycles. The Bertz CT molecular complexity index is 756.